The minimum absolute atomic E-state index is 0.587. The number of rotatable bonds is 1. The first kappa shape index (κ1) is 14.4. The van der Waals surface area contributed by atoms with Crippen molar-refractivity contribution in [2.45, 2.75) is 52.1 Å². The van der Waals surface area contributed by atoms with Crippen LogP contribution in [0.25, 0.3) is 0 Å². The maximum atomic E-state index is 7.00. The van der Waals surface area contributed by atoms with E-state index < -0.39 is 0 Å². The second-order valence-electron chi connectivity index (χ2n) is 2.50. The van der Waals surface area contributed by atoms with Gasteiger partial charge in [0, 0.05) is 14.2 Å². The maximum Gasteiger partial charge on any atom is 0.0571 e. The quantitative estimate of drug-likeness (QED) is 0.665. The van der Waals surface area contributed by atoms with Crippen LogP contribution in [0.1, 0.15) is 46.0 Å². The van der Waals surface area contributed by atoms with E-state index in [1.165, 1.54) is 32.1 Å². The second-order valence-corrected chi connectivity index (χ2v) is 2.50. The molecule has 0 unspecified atom stereocenters. The number of aliphatic hydroxyl groups is 1. The van der Waals surface area contributed by atoms with E-state index in [0.717, 1.165) is 7.11 Å². The van der Waals surface area contributed by atoms with Gasteiger partial charge in [-0.1, -0.05) is 33.1 Å². The van der Waals surface area contributed by atoms with E-state index in [4.69, 9.17) is 9.84 Å². The Bertz CT molecular complexity index is 58.9. The molecular weight excluding hydrogens is 152 g/mol. The van der Waals surface area contributed by atoms with E-state index >= 15 is 0 Å². The predicted octanol–water partition coefficient (Wildman–Crippen LogP) is 2.60. The fraction of sp³-hybridized carbons (Fsp3) is 1.00. The van der Waals surface area contributed by atoms with Gasteiger partial charge < -0.3 is 9.84 Å². The van der Waals surface area contributed by atoms with Gasteiger partial charge in [-0.25, -0.2) is 0 Å². The fourth-order valence-corrected chi connectivity index (χ4v) is 1.30. The Morgan fingerprint density at radius 3 is 1.67 bits per heavy atom. The van der Waals surface area contributed by atoms with Crippen LogP contribution in [0, 0.1) is 0 Å². The van der Waals surface area contributed by atoms with E-state index in [1.54, 1.807) is 0 Å². The highest BCUT2D eigenvalue weighted by Crippen LogP contribution is 2.18. The topological polar surface area (TPSA) is 29.5 Å². The molecule has 0 heterocycles. The van der Waals surface area contributed by atoms with Gasteiger partial charge in [-0.15, -0.1) is 0 Å². The van der Waals surface area contributed by atoms with Crippen molar-refractivity contribution in [3.8, 4) is 0 Å². The Morgan fingerprint density at radius 1 is 1.00 bits per heavy atom. The van der Waals surface area contributed by atoms with Gasteiger partial charge in [0.15, 0.2) is 0 Å². The SMILES string of the molecule is CC.CO.COC1CCCCC1. The first-order valence-corrected chi connectivity index (χ1v) is 4.91. The monoisotopic (exact) mass is 176 g/mol. The van der Waals surface area contributed by atoms with Crippen molar-refractivity contribution in [1.29, 1.82) is 0 Å². The minimum atomic E-state index is 0.587. The molecule has 1 aliphatic carbocycles. The molecule has 2 nitrogen and oxygen atoms in total. The number of hydrogen-bond donors (Lipinski definition) is 1. The van der Waals surface area contributed by atoms with E-state index in [2.05, 4.69) is 0 Å². The Hall–Kier alpha value is -0.0800. The third kappa shape index (κ3) is 8.02. The first-order valence-electron chi connectivity index (χ1n) is 4.91. The van der Waals surface area contributed by atoms with Crippen LogP contribution >= 0.6 is 0 Å². The van der Waals surface area contributed by atoms with Crippen molar-refractivity contribution < 1.29 is 9.84 Å². The van der Waals surface area contributed by atoms with Crippen molar-refractivity contribution >= 4 is 0 Å². The van der Waals surface area contributed by atoms with Crippen LogP contribution < -0.4 is 0 Å². The summed E-state index contributed by atoms with van der Waals surface area (Å²) in [5.41, 5.74) is 0. The largest absolute Gasteiger partial charge is 0.400 e. The minimum Gasteiger partial charge on any atom is -0.400 e. The smallest absolute Gasteiger partial charge is 0.0571 e. The zero-order chi connectivity index (χ0) is 9.82. The van der Waals surface area contributed by atoms with Crippen molar-refractivity contribution in [2.24, 2.45) is 0 Å². The van der Waals surface area contributed by atoms with Crippen LogP contribution in [-0.2, 0) is 4.74 Å². The fourth-order valence-electron chi connectivity index (χ4n) is 1.30. The van der Waals surface area contributed by atoms with Crippen LogP contribution in [0.15, 0.2) is 0 Å². The van der Waals surface area contributed by atoms with Crippen molar-refractivity contribution in [1.82, 2.24) is 0 Å². The average molecular weight is 176 g/mol. The lowest BCUT2D eigenvalue weighted by atomic mass is 9.98. The van der Waals surface area contributed by atoms with Crippen LogP contribution in [0.3, 0.4) is 0 Å². The standard InChI is InChI=1S/C7H14O.C2H6.CH4O/c1-8-7-5-3-2-4-6-7;2*1-2/h7H,2-6H2,1H3;1-2H3;2H,1H3. The molecule has 2 heteroatoms. The molecule has 0 aromatic rings. The summed E-state index contributed by atoms with van der Waals surface area (Å²) in [6.45, 7) is 4.00. The molecule has 0 aliphatic heterocycles. The van der Waals surface area contributed by atoms with Gasteiger partial charge in [-0.05, 0) is 12.8 Å². The number of aliphatic hydroxyl groups excluding tert-OH is 1. The van der Waals surface area contributed by atoms with Crippen LogP contribution in [-0.4, -0.2) is 25.4 Å². The van der Waals surface area contributed by atoms with Gasteiger partial charge in [0.25, 0.3) is 0 Å². The Morgan fingerprint density at radius 2 is 1.42 bits per heavy atom. The van der Waals surface area contributed by atoms with Crippen molar-refractivity contribution in [3.05, 3.63) is 0 Å². The highest BCUT2D eigenvalue weighted by Gasteiger charge is 2.10. The lowest BCUT2D eigenvalue weighted by Gasteiger charge is -2.19. The van der Waals surface area contributed by atoms with Gasteiger partial charge in [-0.3, -0.25) is 0 Å². The number of hydrogen-bond acceptors (Lipinski definition) is 2. The molecule has 1 rings (SSSR count). The summed E-state index contributed by atoms with van der Waals surface area (Å²) in [5.74, 6) is 0. The van der Waals surface area contributed by atoms with Crippen molar-refractivity contribution in [3.63, 3.8) is 0 Å². The summed E-state index contributed by atoms with van der Waals surface area (Å²) < 4.78 is 5.19. The van der Waals surface area contributed by atoms with E-state index in [0.29, 0.717) is 6.10 Å². The second kappa shape index (κ2) is 13.5. The summed E-state index contributed by atoms with van der Waals surface area (Å²) in [6, 6.07) is 0. The lowest BCUT2D eigenvalue weighted by Crippen LogP contribution is -2.13. The van der Waals surface area contributed by atoms with E-state index in [1.807, 2.05) is 21.0 Å². The Labute approximate surface area is 76.9 Å². The molecule has 0 radical (unpaired) electrons. The summed E-state index contributed by atoms with van der Waals surface area (Å²) in [4.78, 5) is 0. The molecule has 0 aromatic carbocycles. The molecule has 0 spiro atoms. The summed E-state index contributed by atoms with van der Waals surface area (Å²) >= 11 is 0. The lowest BCUT2D eigenvalue weighted by molar-refractivity contribution is 0.0710. The molecule has 12 heavy (non-hydrogen) atoms. The van der Waals surface area contributed by atoms with E-state index in [-0.39, 0.29) is 0 Å². The van der Waals surface area contributed by atoms with Gasteiger partial charge in [0.05, 0.1) is 6.10 Å². The predicted molar refractivity (Wildman–Crippen MR) is 53.4 cm³/mol. The molecule has 1 fully saturated rings. The third-order valence-corrected chi connectivity index (χ3v) is 1.89. The van der Waals surface area contributed by atoms with Crippen molar-refractivity contribution in [2.75, 3.05) is 14.2 Å². The summed E-state index contributed by atoms with van der Waals surface area (Å²) in [5, 5.41) is 7.00. The molecule has 1 aliphatic rings. The third-order valence-electron chi connectivity index (χ3n) is 1.89. The molecule has 0 amide bonds. The zero-order valence-electron chi connectivity index (χ0n) is 8.97. The number of methoxy groups -OCH3 is 1. The van der Waals surface area contributed by atoms with Gasteiger partial charge in [0.2, 0.25) is 0 Å². The summed E-state index contributed by atoms with van der Waals surface area (Å²) in [6.07, 6.45) is 7.33. The van der Waals surface area contributed by atoms with Gasteiger partial charge in [0.1, 0.15) is 0 Å². The van der Waals surface area contributed by atoms with E-state index in [9.17, 15) is 0 Å². The van der Waals surface area contributed by atoms with Crippen LogP contribution in [0.4, 0.5) is 0 Å². The highest BCUT2D eigenvalue weighted by molar-refractivity contribution is 4.63. The normalized spacial score (nSPS) is 16.8. The molecule has 0 bridgehead atoms. The zero-order valence-corrected chi connectivity index (χ0v) is 8.97. The molecule has 0 atom stereocenters. The highest BCUT2D eigenvalue weighted by atomic mass is 16.5. The van der Waals surface area contributed by atoms with Crippen LogP contribution in [0.2, 0.25) is 0 Å². The van der Waals surface area contributed by atoms with Gasteiger partial charge >= 0.3 is 0 Å². The molecule has 1 saturated carbocycles. The maximum absolute atomic E-state index is 7.00. The first-order chi connectivity index (χ1) is 5.93. The Balaban J connectivity index is 0. The van der Waals surface area contributed by atoms with Crippen LogP contribution in [0.5, 0.6) is 0 Å². The molecule has 76 valence electrons. The molecule has 0 aromatic heterocycles. The Kier molecular flexibility index (Phi) is 16.3. The number of ether oxygens (including phenoxy) is 1. The molecule has 0 saturated heterocycles. The average Bonchev–Trinajstić information content (AvgIpc) is 2.25. The molecule has 1 N–H and O–H groups in total. The molecular formula is C10H24O2. The summed E-state index contributed by atoms with van der Waals surface area (Å²) in [7, 11) is 2.82. The van der Waals surface area contributed by atoms with Gasteiger partial charge in [-0.2, -0.15) is 0 Å².